The van der Waals surface area contributed by atoms with Crippen LogP contribution in [-0.2, 0) is 17.8 Å². The molecule has 2 aromatic rings. The molecule has 1 amide bonds. The molecule has 104 valence electrons. The zero-order chi connectivity index (χ0) is 14.4. The van der Waals surface area contributed by atoms with E-state index in [9.17, 15) is 4.79 Å². The van der Waals surface area contributed by atoms with Gasteiger partial charge in [-0.2, -0.15) is 0 Å². The summed E-state index contributed by atoms with van der Waals surface area (Å²) in [6, 6.07) is 15.4. The normalized spacial score (nSPS) is 10.1. The zero-order valence-corrected chi connectivity index (χ0v) is 12.4. The number of carbonyl (C=O) groups is 1. The first-order valence-corrected chi connectivity index (χ1v) is 6.92. The van der Waals surface area contributed by atoms with Crippen molar-refractivity contribution in [3.8, 4) is 5.75 Å². The van der Waals surface area contributed by atoms with Gasteiger partial charge in [0.15, 0.2) is 0 Å². The lowest BCUT2D eigenvalue weighted by molar-refractivity contribution is -0.120. The van der Waals surface area contributed by atoms with Gasteiger partial charge in [0.25, 0.3) is 0 Å². The summed E-state index contributed by atoms with van der Waals surface area (Å²) in [5.74, 6) is 5.66. The third kappa shape index (κ3) is 4.36. The van der Waals surface area contributed by atoms with Crippen molar-refractivity contribution >= 4 is 21.8 Å². The number of rotatable bonds is 5. The van der Waals surface area contributed by atoms with E-state index >= 15 is 0 Å². The average Bonchev–Trinajstić information content (AvgIpc) is 2.48. The van der Waals surface area contributed by atoms with Gasteiger partial charge in [-0.05, 0) is 35.4 Å². The molecule has 0 spiro atoms. The molecular formula is C15H15BrN2O2. The number of benzene rings is 2. The number of hydrazine groups is 1. The van der Waals surface area contributed by atoms with Gasteiger partial charge in [0.1, 0.15) is 12.4 Å². The summed E-state index contributed by atoms with van der Waals surface area (Å²) in [6.45, 7) is 0.491. The molecule has 2 aromatic carbocycles. The van der Waals surface area contributed by atoms with Crippen molar-refractivity contribution in [3.63, 3.8) is 0 Å². The minimum atomic E-state index is -0.205. The Balaban J connectivity index is 1.90. The van der Waals surface area contributed by atoms with Crippen molar-refractivity contribution < 1.29 is 9.53 Å². The van der Waals surface area contributed by atoms with Crippen LogP contribution in [0.25, 0.3) is 0 Å². The van der Waals surface area contributed by atoms with E-state index in [-0.39, 0.29) is 12.3 Å². The van der Waals surface area contributed by atoms with Crippen LogP contribution < -0.4 is 16.0 Å². The number of amides is 1. The molecule has 0 atom stereocenters. The van der Waals surface area contributed by atoms with Gasteiger partial charge in [-0.3, -0.25) is 10.2 Å². The predicted octanol–water partition coefficient (Wildman–Crippen LogP) is 2.56. The Kier molecular flexibility index (Phi) is 5.15. The number of carbonyl (C=O) groups excluding carboxylic acids is 1. The standard InChI is InChI=1S/C15H15BrN2O2/c16-13-5-7-14(8-6-13)20-10-12-3-1-11(2-4-12)9-15(19)18-17/h1-8H,9-10,17H2,(H,18,19). The molecule has 2 rings (SSSR count). The topological polar surface area (TPSA) is 64.3 Å². The van der Waals surface area contributed by atoms with Crippen molar-refractivity contribution in [2.75, 3.05) is 0 Å². The monoisotopic (exact) mass is 334 g/mol. The Morgan fingerprint density at radius 1 is 1.05 bits per heavy atom. The second kappa shape index (κ2) is 7.07. The summed E-state index contributed by atoms with van der Waals surface area (Å²) in [4.78, 5) is 11.1. The fourth-order valence-corrected chi connectivity index (χ4v) is 1.95. The molecule has 5 heteroatoms. The van der Waals surface area contributed by atoms with Gasteiger partial charge in [0, 0.05) is 4.47 Å². The number of ether oxygens (including phenoxy) is 1. The minimum absolute atomic E-state index is 0.205. The van der Waals surface area contributed by atoms with Gasteiger partial charge in [0.2, 0.25) is 5.91 Å². The van der Waals surface area contributed by atoms with Crippen LogP contribution in [0.3, 0.4) is 0 Å². The van der Waals surface area contributed by atoms with E-state index in [4.69, 9.17) is 10.6 Å². The van der Waals surface area contributed by atoms with Crippen molar-refractivity contribution in [1.82, 2.24) is 5.43 Å². The molecule has 20 heavy (non-hydrogen) atoms. The van der Waals surface area contributed by atoms with E-state index in [2.05, 4.69) is 21.4 Å². The van der Waals surface area contributed by atoms with Crippen molar-refractivity contribution in [1.29, 1.82) is 0 Å². The first-order chi connectivity index (χ1) is 9.67. The van der Waals surface area contributed by atoms with Crippen molar-refractivity contribution in [2.45, 2.75) is 13.0 Å². The van der Waals surface area contributed by atoms with Gasteiger partial charge in [-0.1, -0.05) is 40.2 Å². The van der Waals surface area contributed by atoms with Crippen LogP contribution in [0, 0.1) is 0 Å². The smallest absolute Gasteiger partial charge is 0.238 e. The van der Waals surface area contributed by atoms with E-state index in [1.165, 1.54) is 0 Å². The summed E-state index contributed by atoms with van der Waals surface area (Å²) < 4.78 is 6.69. The van der Waals surface area contributed by atoms with Crippen LogP contribution in [0.15, 0.2) is 53.0 Å². The summed E-state index contributed by atoms with van der Waals surface area (Å²) in [7, 11) is 0. The summed E-state index contributed by atoms with van der Waals surface area (Å²) in [5.41, 5.74) is 4.07. The van der Waals surface area contributed by atoms with E-state index in [0.29, 0.717) is 6.61 Å². The molecule has 0 fully saturated rings. The molecule has 0 aliphatic rings. The molecule has 0 aliphatic carbocycles. The van der Waals surface area contributed by atoms with Crippen molar-refractivity contribution in [3.05, 3.63) is 64.1 Å². The van der Waals surface area contributed by atoms with Crippen LogP contribution in [0.4, 0.5) is 0 Å². The highest BCUT2D eigenvalue weighted by Crippen LogP contribution is 2.17. The van der Waals surface area contributed by atoms with Gasteiger partial charge in [0.05, 0.1) is 6.42 Å². The Labute approximate surface area is 126 Å². The van der Waals surface area contributed by atoms with E-state index in [1.54, 1.807) is 0 Å². The molecule has 0 radical (unpaired) electrons. The molecule has 0 saturated heterocycles. The highest BCUT2D eigenvalue weighted by molar-refractivity contribution is 9.10. The molecule has 0 saturated carbocycles. The lowest BCUT2D eigenvalue weighted by Crippen LogP contribution is -2.31. The van der Waals surface area contributed by atoms with Crippen LogP contribution in [-0.4, -0.2) is 5.91 Å². The molecule has 0 unspecified atom stereocenters. The first-order valence-electron chi connectivity index (χ1n) is 6.13. The summed E-state index contributed by atoms with van der Waals surface area (Å²) >= 11 is 3.38. The maximum atomic E-state index is 11.1. The molecule has 0 bridgehead atoms. The Morgan fingerprint density at radius 3 is 2.25 bits per heavy atom. The highest BCUT2D eigenvalue weighted by atomic mass is 79.9. The van der Waals surface area contributed by atoms with Gasteiger partial charge in [-0.25, -0.2) is 5.84 Å². The van der Waals surface area contributed by atoms with Crippen LogP contribution in [0.2, 0.25) is 0 Å². The number of hydrogen-bond acceptors (Lipinski definition) is 3. The summed E-state index contributed by atoms with van der Waals surface area (Å²) in [5, 5.41) is 0. The third-order valence-corrected chi connectivity index (χ3v) is 3.30. The molecular weight excluding hydrogens is 320 g/mol. The number of halogens is 1. The van der Waals surface area contributed by atoms with Gasteiger partial charge < -0.3 is 4.74 Å². The van der Waals surface area contributed by atoms with Crippen LogP contribution >= 0.6 is 15.9 Å². The molecule has 3 N–H and O–H groups in total. The van der Waals surface area contributed by atoms with Gasteiger partial charge in [-0.15, -0.1) is 0 Å². The zero-order valence-electron chi connectivity index (χ0n) is 10.8. The largest absolute Gasteiger partial charge is 0.489 e. The van der Waals surface area contributed by atoms with E-state index < -0.39 is 0 Å². The maximum absolute atomic E-state index is 11.1. The molecule has 4 nitrogen and oxygen atoms in total. The molecule has 0 aliphatic heterocycles. The third-order valence-electron chi connectivity index (χ3n) is 2.77. The highest BCUT2D eigenvalue weighted by Gasteiger charge is 2.01. The van der Waals surface area contributed by atoms with Gasteiger partial charge >= 0.3 is 0 Å². The fraction of sp³-hybridized carbons (Fsp3) is 0.133. The fourth-order valence-electron chi connectivity index (χ4n) is 1.69. The lowest BCUT2D eigenvalue weighted by atomic mass is 10.1. The molecule has 0 aromatic heterocycles. The Morgan fingerprint density at radius 2 is 1.65 bits per heavy atom. The number of nitrogens with two attached hydrogens (primary N) is 1. The van der Waals surface area contributed by atoms with E-state index in [1.807, 2.05) is 48.5 Å². The summed E-state index contributed by atoms with van der Waals surface area (Å²) in [6.07, 6.45) is 0.282. The second-order valence-corrected chi connectivity index (χ2v) is 5.22. The number of nitrogens with one attached hydrogen (secondary N) is 1. The average molecular weight is 335 g/mol. The first kappa shape index (κ1) is 14.6. The second-order valence-electron chi connectivity index (χ2n) is 4.30. The van der Waals surface area contributed by atoms with Crippen molar-refractivity contribution in [2.24, 2.45) is 5.84 Å². The Bertz CT molecular complexity index is 567. The van der Waals surface area contributed by atoms with Crippen LogP contribution in [0.1, 0.15) is 11.1 Å². The SMILES string of the molecule is NNC(=O)Cc1ccc(COc2ccc(Br)cc2)cc1. The molecule has 0 heterocycles. The van der Waals surface area contributed by atoms with E-state index in [0.717, 1.165) is 21.3 Å². The predicted molar refractivity (Wildman–Crippen MR) is 81.0 cm³/mol. The lowest BCUT2D eigenvalue weighted by Gasteiger charge is -2.07. The minimum Gasteiger partial charge on any atom is -0.489 e. The quantitative estimate of drug-likeness (QED) is 0.501. The maximum Gasteiger partial charge on any atom is 0.238 e. The number of hydrogen-bond donors (Lipinski definition) is 2. The Hall–Kier alpha value is -1.85. The van der Waals surface area contributed by atoms with Crippen LogP contribution in [0.5, 0.6) is 5.75 Å².